The second-order valence-corrected chi connectivity index (χ2v) is 8.41. The number of aryl methyl sites for hydroxylation is 1. The Bertz CT molecular complexity index is 811. The van der Waals surface area contributed by atoms with Gasteiger partial charge in [-0.05, 0) is 30.4 Å². The molecule has 1 aliphatic heterocycles. The Labute approximate surface area is 141 Å². The maximum Gasteiger partial charge on any atom is 0.229 e. The molecule has 24 heavy (non-hydrogen) atoms. The van der Waals surface area contributed by atoms with Crippen LogP contribution in [0.2, 0.25) is 0 Å². The Morgan fingerprint density at radius 3 is 2.54 bits per heavy atom. The van der Waals surface area contributed by atoms with Crippen molar-refractivity contribution in [2.45, 2.75) is 26.2 Å². The van der Waals surface area contributed by atoms with Crippen LogP contribution in [-0.2, 0) is 21.1 Å². The Morgan fingerprint density at radius 1 is 1.25 bits per heavy atom. The first-order chi connectivity index (χ1) is 11.5. The van der Waals surface area contributed by atoms with Gasteiger partial charge in [0.15, 0.2) is 0 Å². The maximum absolute atomic E-state index is 12.2. The van der Waals surface area contributed by atoms with E-state index in [1.54, 1.807) is 6.20 Å². The molecule has 1 aromatic carbocycles. The fraction of sp³-hybridized carbons (Fsp3) is 0.412. The van der Waals surface area contributed by atoms with Crippen molar-refractivity contribution in [3.63, 3.8) is 0 Å². The van der Waals surface area contributed by atoms with Crippen molar-refractivity contribution in [3.8, 4) is 11.3 Å². The van der Waals surface area contributed by atoms with Crippen molar-refractivity contribution in [2.75, 3.05) is 16.8 Å². The quantitative estimate of drug-likeness (QED) is 0.888. The zero-order valence-electron chi connectivity index (χ0n) is 13.6. The van der Waals surface area contributed by atoms with Crippen LogP contribution in [-0.4, -0.2) is 35.8 Å². The summed E-state index contributed by atoms with van der Waals surface area (Å²) in [5, 5.41) is 2.75. The summed E-state index contributed by atoms with van der Waals surface area (Å²) < 4.78 is 22.9. The third kappa shape index (κ3) is 3.84. The van der Waals surface area contributed by atoms with Crippen LogP contribution in [0.3, 0.4) is 0 Å². The fourth-order valence-electron chi connectivity index (χ4n) is 2.82. The molecule has 2 aromatic rings. The highest BCUT2D eigenvalue weighted by Gasteiger charge is 2.28. The number of benzene rings is 1. The number of nitrogens with zero attached hydrogens (tertiary/aromatic N) is 1. The average molecular weight is 347 g/mol. The van der Waals surface area contributed by atoms with Gasteiger partial charge in [-0.1, -0.05) is 31.2 Å². The fourth-order valence-corrected chi connectivity index (χ4v) is 4.31. The Hall–Kier alpha value is -2.15. The number of nitrogens with one attached hydrogen (secondary N) is 2. The molecule has 128 valence electrons. The highest BCUT2D eigenvalue weighted by molar-refractivity contribution is 7.91. The number of imidazole rings is 1. The van der Waals surface area contributed by atoms with Crippen LogP contribution in [0.25, 0.3) is 11.3 Å². The molecule has 0 aliphatic carbocycles. The number of rotatable bonds is 4. The molecule has 1 amide bonds. The van der Waals surface area contributed by atoms with Gasteiger partial charge in [0.1, 0.15) is 9.84 Å². The van der Waals surface area contributed by atoms with Crippen LogP contribution < -0.4 is 5.32 Å². The van der Waals surface area contributed by atoms with Gasteiger partial charge in [-0.25, -0.2) is 13.4 Å². The van der Waals surface area contributed by atoms with Gasteiger partial charge in [-0.3, -0.25) is 10.1 Å². The van der Waals surface area contributed by atoms with Crippen molar-refractivity contribution >= 4 is 21.7 Å². The van der Waals surface area contributed by atoms with Crippen LogP contribution in [0.5, 0.6) is 0 Å². The summed E-state index contributed by atoms with van der Waals surface area (Å²) in [5.41, 5.74) is 3.10. The van der Waals surface area contributed by atoms with Gasteiger partial charge in [-0.15, -0.1) is 0 Å². The number of hydrogen-bond donors (Lipinski definition) is 2. The summed E-state index contributed by atoms with van der Waals surface area (Å²) in [4.78, 5) is 19.5. The van der Waals surface area contributed by atoms with Crippen molar-refractivity contribution < 1.29 is 13.2 Å². The zero-order valence-corrected chi connectivity index (χ0v) is 14.4. The number of hydrogen-bond acceptors (Lipinski definition) is 4. The molecule has 6 nitrogen and oxygen atoms in total. The van der Waals surface area contributed by atoms with Crippen LogP contribution in [0, 0.1) is 5.92 Å². The van der Waals surface area contributed by atoms with E-state index in [0.717, 1.165) is 17.7 Å². The van der Waals surface area contributed by atoms with E-state index in [1.807, 2.05) is 12.1 Å². The van der Waals surface area contributed by atoms with Gasteiger partial charge >= 0.3 is 0 Å². The Morgan fingerprint density at radius 2 is 1.92 bits per heavy atom. The number of aromatic amines is 1. The van der Waals surface area contributed by atoms with E-state index in [0.29, 0.717) is 18.8 Å². The zero-order chi connectivity index (χ0) is 17.2. The first-order valence-corrected chi connectivity index (χ1v) is 9.94. The van der Waals surface area contributed by atoms with Crippen LogP contribution in [0.15, 0.2) is 30.5 Å². The Kier molecular flexibility index (Phi) is 4.71. The normalized spacial score (nSPS) is 17.5. The molecule has 0 saturated carbocycles. The topological polar surface area (TPSA) is 91.9 Å². The van der Waals surface area contributed by atoms with Crippen molar-refractivity contribution in [1.82, 2.24) is 9.97 Å². The minimum absolute atomic E-state index is 0.0816. The maximum atomic E-state index is 12.2. The predicted molar refractivity (Wildman–Crippen MR) is 93.4 cm³/mol. The molecule has 3 rings (SSSR count). The lowest BCUT2D eigenvalue weighted by Crippen LogP contribution is -2.32. The van der Waals surface area contributed by atoms with E-state index in [4.69, 9.17) is 0 Å². The van der Waals surface area contributed by atoms with E-state index < -0.39 is 9.84 Å². The lowest BCUT2D eigenvalue weighted by atomic mass is 10.0. The third-order valence-electron chi connectivity index (χ3n) is 4.42. The summed E-state index contributed by atoms with van der Waals surface area (Å²) in [7, 11) is -2.96. The summed E-state index contributed by atoms with van der Waals surface area (Å²) >= 11 is 0. The summed E-state index contributed by atoms with van der Waals surface area (Å²) in [5.74, 6) is 0.109. The van der Waals surface area contributed by atoms with Crippen molar-refractivity contribution in [2.24, 2.45) is 5.92 Å². The predicted octanol–water partition coefficient (Wildman–Crippen LogP) is 2.40. The molecule has 1 fully saturated rings. The highest BCUT2D eigenvalue weighted by Crippen LogP contribution is 2.22. The Balaban J connectivity index is 1.64. The van der Waals surface area contributed by atoms with Gasteiger partial charge < -0.3 is 4.98 Å². The van der Waals surface area contributed by atoms with Crippen LogP contribution >= 0.6 is 0 Å². The van der Waals surface area contributed by atoms with Crippen LogP contribution in [0.4, 0.5) is 5.95 Å². The molecule has 0 atom stereocenters. The van der Waals surface area contributed by atoms with E-state index >= 15 is 0 Å². The molecule has 0 bridgehead atoms. The van der Waals surface area contributed by atoms with E-state index in [1.165, 1.54) is 5.56 Å². The average Bonchev–Trinajstić information content (AvgIpc) is 3.03. The van der Waals surface area contributed by atoms with Gasteiger partial charge in [0.25, 0.3) is 0 Å². The molecule has 1 aromatic heterocycles. The summed E-state index contributed by atoms with van der Waals surface area (Å²) in [6.07, 6.45) is 3.42. The number of sulfone groups is 1. The number of anilines is 1. The molecule has 0 spiro atoms. The minimum atomic E-state index is -2.96. The van der Waals surface area contributed by atoms with Gasteiger partial charge in [0.05, 0.1) is 23.4 Å². The monoisotopic (exact) mass is 347 g/mol. The largest absolute Gasteiger partial charge is 0.324 e. The number of amides is 1. The van der Waals surface area contributed by atoms with Crippen molar-refractivity contribution in [3.05, 3.63) is 36.0 Å². The van der Waals surface area contributed by atoms with E-state index in [9.17, 15) is 13.2 Å². The molecule has 7 heteroatoms. The molecule has 0 radical (unpaired) electrons. The number of carbonyl (C=O) groups excluding carboxylic acids is 1. The number of aromatic nitrogens is 2. The van der Waals surface area contributed by atoms with Gasteiger partial charge in [0, 0.05) is 5.92 Å². The first kappa shape index (κ1) is 16.7. The SMILES string of the molecule is CCc1ccc(-c2cnc(NC(=O)C3CCS(=O)(=O)CC3)[nH]2)cc1. The van der Waals surface area contributed by atoms with Crippen LogP contribution in [0.1, 0.15) is 25.3 Å². The summed E-state index contributed by atoms with van der Waals surface area (Å²) in [6, 6.07) is 8.17. The second-order valence-electron chi connectivity index (χ2n) is 6.11. The molecular formula is C17H21N3O3S. The number of carbonyl (C=O) groups is 1. The second kappa shape index (κ2) is 6.76. The van der Waals surface area contributed by atoms with Crippen molar-refractivity contribution in [1.29, 1.82) is 0 Å². The third-order valence-corrected chi connectivity index (χ3v) is 6.13. The standard InChI is InChI=1S/C17H21N3O3S/c1-2-12-3-5-13(6-4-12)15-11-18-17(19-15)20-16(21)14-7-9-24(22,23)10-8-14/h3-6,11,14H,2,7-10H2,1H3,(H2,18,19,20,21). The molecule has 1 saturated heterocycles. The van der Waals surface area contributed by atoms with Gasteiger partial charge in [-0.2, -0.15) is 0 Å². The molecular weight excluding hydrogens is 326 g/mol. The molecule has 2 N–H and O–H groups in total. The molecule has 2 heterocycles. The summed E-state index contributed by atoms with van der Waals surface area (Å²) in [6.45, 7) is 2.11. The van der Waals surface area contributed by atoms with Gasteiger partial charge in [0.2, 0.25) is 11.9 Å². The molecule has 1 aliphatic rings. The lowest BCUT2D eigenvalue weighted by molar-refractivity contribution is -0.120. The molecule has 0 unspecified atom stereocenters. The van der Waals surface area contributed by atoms with E-state index in [-0.39, 0.29) is 23.3 Å². The highest BCUT2D eigenvalue weighted by atomic mass is 32.2. The van der Waals surface area contributed by atoms with E-state index in [2.05, 4.69) is 34.3 Å². The first-order valence-electron chi connectivity index (χ1n) is 8.12. The smallest absolute Gasteiger partial charge is 0.229 e. The lowest BCUT2D eigenvalue weighted by Gasteiger charge is -2.20. The number of H-pyrrole nitrogens is 1. The minimum Gasteiger partial charge on any atom is -0.324 e.